The summed E-state index contributed by atoms with van der Waals surface area (Å²) in [6.45, 7) is 13.8. The third-order valence-electron chi connectivity index (χ3n) is 3.15. The Balaban J connectivity index is 2.67. The van der Waals surface area contributed by atoms with Gasteiger partial charge in [-0.25, -0.2) is 0 Å². The van der Waals surface area contributed by atoms with Gasteiger partial charge in [0.05, 0.1) is 0 Å². The third kappa shape index (κ3) is 6.65. The van der Waals surface area contributed by atoms with Gasteiger partial charge in [0.15, 0.2) is 0 Å². The summed E-state index contributed by atoms with van der Waals surface area (Å²) in [7, 11) is 0. The predicted octanol–water partition coefficient (Wildman–Crippen LogP) is 4.45. The lowest BCUT2D eigenvalue weighted by Gasteiger charge is -2.33. The summed E-state index contributed by atoms with van der Waals surface area (Å²) in [6.07, 6.45) is 2.02. The number of hydrogen-bond donors (Lipinski definition) is 2. The molecule has 1 rings (SSSR count). The summed E-state index contributed by atoms with van der Waals surface area (Å²) >= 11 is 0. The van der Waals surface area contributed by atoms with Crippen LogP contribution in [-0.2, 0) is 0 Å². The van der Waals surface area contributed by atoms with Crippen molar-refractivity contribution in [1.29, 1.82) is 0 Å². The average Bonchev–Trinajstić information content (AvgIpc) is 2.33. The van der Waals surface area contributed by atoms with Gasteiger partial charge in [0.25, 0.3) is 5.91 Å². The lowest BCUT2D eigenvalue weighted by atomic mass is 9.81. The van der Waals surface area contributed by atoms with Gasteiger partial charge in [0.1, 0.15) is 0 Å². The van der Waals surface area contributed by atoms with E-state index in [0.717, 1.165) is 25.1 Å². The zero-order valence-corrected chi connectivity index (χ0v) is 14.3. The van der Waals surface area contributed by atoms with Gasteiger partial charge >= 0.3 is 0 Å². The van der Waals surface area contributed by atoms with E-state index in [1.807, 2.05) is 24.3 Å². The van der Waals surface area contributed by atoms with E-state index in [2.05, 4.69) is 52.2 Å². The molecule has 0 aromatic heterocycles. The molecule has 0 unspecified atom stereocenters. The van der Waals surface area contributed by atoms with Crippen molar-refractivity contribution in [1.82, 2.24) is 5.32 Å². The maximum atomic E-state index is 12.3. The van der Waals surface area contributed by atoms with E-state index >= 15 is 0 Å². The predicted molar refractivity (Wildman–Crippen MR) is 90.8 cm³/mol. The van der Waals surface area contributed by atoms with Gasteiger partial charge in [0, 0.05) is 23.3 Å². The minimum Gasteiger partial charge on any atom is -0.385 e. The fourth-order valence-corrected chi connectivity index (χ4v) is 2.76. The molecule has 0 aliphatic heterocycles. The van der Waals surface area contributed by atoms with Crippen molar-refractivity contribution >= 4 is 11.6 Å². The van der Waals surface area contributed by atoms with Crippen LogP contribution in [0.1, 0.15) is 64.7 Å². The van der Waals surface area contributed by atoms with E-state index in [9.17, 15) is 4.79 Å². The molecule has 0 radical (unpaired) electrons. The second-order valence-corrected chi connectivity index (χ2v) is 7.58. The molecule has 0 saturated heterocycles. The molecule has 0 saturated carbocycles. The lowest BCUT2D eigenvalue weighted by molar-refractivity contribution is 0.0891. The number of nitrogens with one attached hydrogen (secondary N) is 2. The van der Waals surface area contributed by atoms with E-state index < -0.39 is 0 Å². The molecule has 1 aromatic carbocycles. The molecule has 0 aliphatic carbocycles. The zero-order chi connectivity index (χ0) is 16.1. The molecule has 0 bridgehead atoms. The van der Waals surface area contributed by atoms with Crippen molar-refractivity contribution in [3.8, 4) is 0 Å². The van der Waals surface area contributed by atoms with Crippen LogP contribution >= 0.6 is 0 Å². The zero-order valence-electron chi connectivity index (χ0n) is 14.3. The van der Waals surface area contributed by atoms with Crippen molar-refractivity contribution in [2.45, 2.75) is 59.9 Å². The molecule has 118 valence electrons. The van der Waals surface area contributed by atoms with E-state index in [1.165, 1.54) is 0 Å². The standard InChI is InChI=1S/C18H30N2O/c1-7-12-19-15-10-8-14(9-11-15)16(21)20-18(5,6)13-17(2,3)4/h8-11,19H,7,12-13H2,1-6H3,(H,20,21). The number of hydrogen-bond acceptors (Lipinski definition) is 2. The van der Waals surface area contributed by atoms with E-state index in [1.54, 1.807) is 0 Å². The van der Waals surface area contributed by atoms with Gasteiger partial charge in [-0.05, 0) is 56.4 Å². The van der Waals surface area contributed by atoms with Crippen LogP contribution in [0.3, 0.4) is 0 Å². The van der Waals surface area contributed by atoms with Crippen molar-refractivity contribution in [3.05, 3.63) is 29.8 Å². The molecule has 0 aliphatic rings. The number of anilines is 1. The number of carbonyl (C=O) groups excluding carboxylic acids is 1. The second kappa shape index (κ2) is 6.97. The highest BCUT2D eigenvalue weighted by Crippen LogP contribution is 2.27. The van der Waals surface area contributed by atoms with Gasteiger partial charge in [-0.15, -0.1) is 0 Å². The summed E-state index contributed by atoms with van der Waals surface area (Å²) in [5.41, 5.74) is 1.74. The Labute approximate surface area is 129 Å². The Morgan fingerprint density at radius 1 is 1.05 bits per heavy atom. The molecule has 2 N–H and O–H groups in total. The van der Waals surface area contributed by atoms with Crippen LogP contribution in [0.5, 0.6) is 0 Å². The molecule has 1 amide bonds. The highest BCUT2D eigenvalue weighted by Gasteiger charge is 2.27. The van der Waals surface area contributed by atoms with Crippen LogP contribution in [0, 0.1) is 5.41 Å². The van der Waals surface area contributed by atoms with Gasteiger partial charge in [-0.1, -0.05) is 27.7 Å². The van der Waals surface area contributed by atoms with Crippen molar-refractivity contribution in [2.75, 3.05) is 11.9 Å². The lowest BCUT2D eigenvalue weighted by Crippen LogP contribution is -2.45. The maximum Gasteiger partial charge on any atom is 0.251 e. The Morgan fingerprint density at radius 2 is 1.62 bits per heavy atom. The smallest absolute Gasteiger partial charge is 0.251 e. The van der Waals surface area contributed by atoms with E-state index in [0.29, 0.717) is 5.56 Å². The maximum absolute atomic E-state index is 12.3. The first-order valence-corrected chi connectivity index (χ1v) is 7.79. The Bertz CT molecular complexity index is 455. The minimum absolute atomic E-state index is 0.00806. The van der Waals surface area contributed by atoms with Crippen LogP contribution in [0.4, 0.5) is 5.69 Å². The first-order chi connectivity index (χ1) is 9.63. The summed E-state index contributed by atoms with van der Waals surface area (Å²) < 4.78 is 0. The molecule has 1 aromatic rings. The molecule has 0 spiro atoms. The monoisotopic (exact) mass is 290 g/mol. The topological polar surface area (TPSA) is 41.1 Å². The highest BCUT2D eigenvalue weighted by molar-refractivity contribution is 5.95. The van der Waals surface area contributed by atoms with Crippen LogP contribution in [0.2, 0.25) is 0 Å². The fraction of sp³-hybridized carbons (Fsp3) is 0.611. The van der Waals surface area contributed by atoms with Crippen LogP contribution in [0.25, 0.3) is 0 Å². The minimum atomic E-state index is -0.214. The Morgan fingerprint density at radius 3 is 2.10 bits per heavy atom. The van der Waals surface area contributed by atoms with Gasteiger partial charge in [-0.3, -0.25) is 4.79 Å². The number of benzene rings is 1. The van der Waals surface area contributed by atoms with Gasteiger partial charge < -0.3 is 10.6 Å². The molecule has 3 nitrogen and oxygen atoms in total. The SMILES string of the molecule is CCCNc1ccc(C(=O)NC(C)(C)CC(C)(C)C)cc1. The Hall–Kier alpha value is -1.51. The normalized spacial score (nSPS) is 12.1. The first-order valence-electron chi connectivity index (χ1n) is 7.79. The number of carbonyl (C=O) groups is 1. The molecule has 0 atom stereocenters. The summed E-state index contributed by atoms with van der Waals surface area (Å²) in [6, 6.07) is 7.67. The van der Waals surface area contributed by atoms with Crippen molar-refractivity contribution in [2.24, 2.45) is 5.41 Å². The molecule has 21 heavy (non-hydrogen) atoms. The van der Waals surface area contributed by atoms with E-state index in [4.69, 9.17) is 0 Å². The van der Waals surface area contributed by atoms with E-state index in [-0.39, 0.29) is 16.9 Å². The van der Waals surface area contributed by atoms with Gasteiger partial charge in [-0.2, -0.15) is 0 Å². The summed E-state index contributed by atoms with van der Waals surface area (Å²) in [5, 5.41) is 6.44. The second-order valence-electron chi connectivity index (χ2n) is 7.58. The Kier molecular flexibility index (Phi) is 5.82. The van der Waals surface area contributed by atoms with Crippen molar-refractivity contribution < 1.29 is 4.79 Å². The van der Waals surface area contributed by atoms with Crippen LogP contribution < -0.4 is 10.6 Å². The quantitative estimate of drug-likeness (QED) is 0.812. The molecule has 3 heteroatoms. The van der Waals surface area contributed by atoms with Crippen LogP contribution in [0.15, 0.2) is 24.3 Å². The van der Waals surface area contributed by atoms with Crippen LogP contribution in [-0.4, -0.2) is 18.0 Å². The van der Waals surface area contributed by atoms with Crippen molar-refractivity contribution in [3.63, 3.8) is 0 Å². The summed E-state index contributed by atoms with van der Waals surface area (Å²) in [5.74, 6) is -0.00806. The highest BCUT2D eigenvalue weighted by atomic mass is 16.1. The molecular weight excluding hydrogens is 260 g/mol. The largest absolute Gasteiger partial charge is 0.385 e. The average molecular weight is 290 g/mol. The number of rotatable bonds is 6. The first kappa shape index (κ1) is 17.5. The van der Waals surface area contributed by atoms with Gasteiger partial charge in [0.2, 0.25) is 0 Å². The summed E-state index contributed by atoms with van der Waals surface area (Å²) in [4.78, 5) is 12.3. The fourth-order valence-electron chi connectivity index (χ4n) is 2.76. The number of amides is 1. The third-order valence-corrected chi connectivity index (χ3v) is 3.15. The molecule has 0 heterocycles. The molecule has 0 fully saturated rings. The molecular formula is C18H30N2O.